The van der Waals surface area contributed by atoms with Crippen molar-refractivity contribution in [2.24, 2.45) is 0 Å². The lowest BCUT2D eigenvalue weighted by Crippen LogP contribution is -1.86. The predicted octanol–water partition coefficient (Wildman–Crippen LogP) is 6.15. The Hall–Kier alpha value is -0.900. The van der Waals surface area contributed by atoms with Crippen molar-refractivity contribution >= 4 is 0 Å². The Kier molecular flexibility index (Phi) is 37.4. The van der Waals surface area contributed by atoms with Crippen molar-refractivity contribution in [2.75, 3.05) is 19.8 Å². The molecule has 0 heterocycles. The fourth-order valence-corrected chi connectivity index (χ4v) is 2.46. The summed E-state index contributed by atoms with van der Waals surface area (Å²) in [6, 6.07) is 10.9. The quantitative estimate of drug-likeness (QED) is 0.401. The van der Waals surface area contributed by atoms with E-state index < -0.39 is 0 Å². The molecule has 0 aliphatic carbocycles. The van der Waals surface area contributed by atoms with Crippen molar-refractivity contribution in [3.63, 3.8) is 0 Å². The van der Waals surface area contributed by atoms with E-state index in [0.29, 0.717) is 0 Å². The van der Waals surface area contributed by atoms with Crippen molar-refractivity contribution < 1.29 is 15.3 Å². The zero-order valence-electron chi connectivity index (χ0n) is 18.6. The summed E-state index contributed by atoms with van der Waals surface area (Å²) in [7, 11) is 0. The van der Waals surface area contributed by atoms with Gasteiger partial charge in [0.2, 0.25) is 0 Å². The molecule has 0 aromatic heterocycles. The summed E-state index contributed by atoms with van der Waals surface area (Å²) in [6.45, 7) is 8.08. The molecule has 0 amide bonds. The van der Waals surface area contributed by atoms with Gasteiger partial charge in [-0.2, -0.15) is 0 Å². The van der Waals surface area contributed by atoms with E-state index in [4.69, 9.17) is 15.3 Å². The molecular weight excluding hydrogens is 336 g/mol. The number of rotatable bonds is 11. The van der Waals surface area contributed by atoms with Crippen LogP contribution in [-0.4, -0.2) is 35.1 Å². The highest BCUT2D eigenvalue weighted by molar-refractivity contribution is 5.14. The summed E-state index contributed by atoms with van der Waals surface area (Å²) in [5.74, 6) is 0. The van der Waals surface area contributed by atoms with Crippen LogP contribution in [0, 0.1) is 0 Å². The third-order valence-corrected chi connectivity index (χ3v) is 3.66. The monoisotopic (exact) mass is 384 g/mol. The molecule has 0 aliphatic rings. The Morgan fingerprint density at radius 2 is 0.852 bits per heavy atom. The highest BCUT2D eigenvalue weighted by atomic mass is 16.3. The molecule has 0 unspecified atom stereocenters. The largest absolute Gasteiger partial charge is 0.397 e. The van der Waals surface area contributed by atoms with Crippen molar-refractivity contribution in [3.8, 4) is 0 Å². The first kappa shape index (κ1) is 30.8. The van der Waals surface area contributed by atoms with E-state index in [1.165, 1.54) is 76.2 Å². The maximum Gasteiger partial charge on any atom is 0.0402 e. The fraction of sp³-hybridized carbons (Fsp3) is 0.750. The van der Waals surface area contributed by atoms with E-state index in [0.717, 1.165) is 0 Å². The first-order chi connectivity index (χ1) is 13.2. The first-order valence-electron chi connectivity index (χ1n) is 11.0. The van der Waals surface area contributed by atoms with Gasteiger partial charge in [0, 0.05) is 19.8 Å². The van der Waals surface area contributed by atoms with Gasteiger partial charge in [-0.15, -0.1) is 0 Å². The zero-order chi connectivity index (χ0) is 21.0. The van der Waals surface area contributed by atoms with Crippen LogP contribution in [0.3, 0.4) is 0 Å². The fourth-order valence-electron chi connectivity index (χ4n) is 2.46. The van der Waals surface area contributed by atoms with Crippen LogP contribution in [0.4, 0.5) is 0 Å². The minimum Gasteiger partial charge on any atom is -0.397 e. The van der Waals surface area contributed by atoms with Crippen molar-refractivity contribution in [1.82, 2.24) is 0 Å². The number of unbranched alkanes of at least 4 members (excludes halogenated alkanes) is 9. The Morgan fingerprint density at radius 3 is 1.22 bits per heavy atom. The van der Waals surface area contributed by atoms with Gasteiger partial charge in [-0.25, -0.2) is 0 Å². The molecule has 162 valence electrons. The smallest absolute Gasteiger partial charge is 0.0402 e. The van der Waals surface area contributed by atoms with Crippen LogP contribution in [0.2, 0.25) is 0 Å². The van der Waals surface area contributed by atoms with Gasteiger partial charge in [0.15, 0.2) is 0 Å². The van der Waals surface area contributed by atoms with Gasteiger partial charge in [0.1, 0.15) is 0 Å². The first-order valence-corrected chi connectivity index (χ1v) is 11.0. The lowest BCUT2D eigenvalue weighted by atomic mass is 10.0. The van der Waals surface area contributed by atoms with Gasteiger partial charge in [0.25, 0.3) is 0 Å². The SMILES string of the molecule is CCCCCCCCCCCCc1ccccc1.CCO.CCO.CCO. The Labute approximate surface area is 169 Å². The lowest BCUT2D eigenvalue weighted by molar-refractivity contribution is 0.318. The Bertz CT molecular complexity index is 310. The van der Waals surface area contributed by atoms with Gasteiger partial charge in [-0.05, 0) is 39.2 Å². The van der Waals surface area contributed by atoms with Gasteiger partial charge in [0.05, 0.1) is 0 Å². The van der Waals surface area contributed by atoms with E-state index >= 15 is 0 Å². The van der Waals surface area contributed by atoms with Gasteiger partial charge < -0.3 is 15.3 Å². The maximum absolute atomic E-state index is 7.57. The second-order valence-electron chi connectivity index (χ2n) is 6.37. The van der Waals surface area contributed by atoms with Crippen LogP contribution < -0.4 is 0 Å². The average Bonchev–Trinajstić information content (AvgIpc) is 2.66. The van der Waals surface area contributed by atoms with Crippen molar-refractivity contribution in [3.05, 3.63) is 35.9 Å². The zero-order valence-corrected chi connectivity index (χ0v) is 18.6. The van der Waals surface area contributed by atoms with Crippen molar-refractivity contribution in [1.29, 1.82) is 0 Å². The standard InChI is InChI=1S/C18H30.3C2H6O/c1-2-3-4-5-6-7-8-9-10-12-15-18-16-13-11-14-17-18;3*1-2-3/h11,13-14,16-17H,2-10,12,15H2,1H3;3*3H,2H2,1H3. The molecule has 0 saturated carbocycles. The number of aryl methyl sites for hydroxylation is 1. The predicted molar refractivity (Wildman–Crippen MR) is 120 cm³/mol. The maximum atomic E-state index is 7.57. The summed E-state index contributed by atoms with van der Waals surface area (Å²) < 4.78 is 0. The van der Waals surface area contributed by atoms with E-state index in [9.17, 15) is 0 Å². The van der Waals surface area contributed by atoms with Crippen LogP contribution >= 0.6 is 0 Å². The molecule has 1 rings (SSSR count). The number of hydrogen-bond acceptors (Lipinski definition) is 3. The third-order valence-electron chi connectivity index (χ3n) is 3.66. The second kappa shape index (κ2) is 32.7. The molecule has 3 N–H and O–H groups in total. The van der Waals surface area contributed by atoms with E-state index in [1.807, 2.05) is 0 Å². The normalized spacial score (nSPS) is 9.15. The molecule has 0 radical (unpaired) electrons. The number of aliphatic hydroxyl groups is 3. The number of hydrogen-bond donors (Lipinski definition) is 3. The van der Waals surface area contributed by atoms with Gasteiger partial charge >= 0.3 is 0 Å². The average molecular weight is 385 g/mol. The van der Waals surface area contributed by atoms with Crippen LogP contribution in [0.1, 0.15) is 97.5 Å². The highest BCUT2D eigenvalue weighted by Gasteiger charge is 1.94. The lowest BCUT2D eigenvalue weighted by Gasteiger charge is -2.03. The number of benzene rings is 1. The number of aliphatic hydroxyl groups excluding tert-OH is 3. The molecule has 0 fully saturated rings. The Morgan fingerprint density at radius 1 is 0.519 bits per heavy atom. The molecule has 0 atom stereocenters. The molecule has 1 aromatic carbocycles. The van der Waals surface area contributed by atoms with Crippen LogP contribution in [0.15, 0.2) is 30.3 Å². The minimum absolute atomic E-state index is 0.250. The summed E-state index contributed by atoms with van der Waals surface area (Å²) in [5.41, 5.74) is 1.50. The van der Waals surface area contributed by atoms with E-state index in [2.05, 4.69) is 37.3 Å². The summed E-state index contributed by atoms with van der Waals surface area (Å²) in [4.78, 5) is 0. The molecular formula is C24H48O3. The second-order valence-corrected chi connectivity index (χ2v) is 6.37. The summed E-state index contributed by atoms with van der Waals surface area (Å²) in [6.07, 6.45) is 15.5. The molecule has 3 heteroatoms. The molecule has 0 aliphatic heterocycles. The molecule has 27 heavy (non-hydrogen) atoms. The Balaban J connectivity index is -0.000000540. The molecule has 1 aromatic rings. The van der Waals surface area contributed by atoms with Gasteiger partial charge in [-0.1, -0.05) is 95.0 Å². The molecule has 0 spiro atoms. The minimum atomic E-state index is 0.250. The van der Waals surface area contributed by atoms with Crippen LogP contribution in [0.5, 0.6) is 0 Å². The third kappa shape index (κ3) is 36.7. The van der Waals surface area contributed by atoms with Crippen LogP contribution in [0.25, 0.3) is 0 Å². The molecule has 0 bridgehead atoms. The summed E-state index contributed by atoms with van der Waals surface area (Å²) >= 11 is 0. The molecule has 3 nitrogen and oxygen atoms in total. The molecule has 0 saturated heterocycles. The van der Waals surface area contributed by atoms with Crippen LogP contribution in [-0.2, 0) is 6.42 Å². The van der Waals surface area contributed by atoms with Gasteiger partial charge in [-0.3, -0.25) is 0 Å². The topological polar surface area (TPSA) is 60.7 Å². The van der Waals surface area contributed by atoms with Crippen molar-refractivity contribution in [2.45, 2.75) is 98.3 Å². The van der Waals surface area contributed by atoms with E-state index in [1.54, 1.807) is 20.8 Å². The highest BCUT2D eigenvalue weighted by Crippen LogP contribution is 2.12. The summed E-state index contributed by atoms with van der Waals surface area (Å²) in [5, 5.41) is 22.7. The van der Waals surface area contributed by atoms with E-state index in [-0.39, 0.29) is 19.8 Å².